The Balaban J connectivity index is 2.03. The second-order valence-electron chi connectivity index (χ2n) is 5.59. The molecule has 2 aliphatic carbocycles. The summed E-state index contributed by atoms with van der Waals surface area (Å²) in [5.41, 5.74) is 5.88. The molecule has 1 heterocycles. The highest BCUT2D eigenvalue weighted by Crippen LogP contribution is 2.54. The van der Waals surface area contributed by atoms with Crippen molar-refractivity contribution in [1.29, 1.82) is 0 Å². The van der Waals surface area contributed by atoms with E-state index in [-0.39, 0.29) is 5.41 Å². The van der Waals surface area contributed by atoms with Crippen LogP contribution in [0.15, 0.2) is 42.6 Å². The number of pyridine rings is 1. The van der Waals surface area contributed by atoms with Crippen molar-refractivity contribution in [3.63, 3.8) is 0 Å². The molecule has 0 unspecified atom stereocenters. The quantitative estimate of drug-likeness (QED) is 0.663. The lowest BCUT2D eigenvalue weighted by Gasteiger charge is -2.34. The SMILES string of the molecule is c1ccc2c(c1)-c1cccnc1C21CCCCC1. The predicted molar refractivity (Wildman–Crippen MR) is 73.5 cm³/mol. The summed E-state index contributed by atoms with van der Waals surface area (Å²) in [5.74, 6) is 0. The minimum absolute atomic E-state index is 0.228. The molecule has 4 rings (SSSR count). The normalized spacial score (nSPS) is 19.6. The summed E-state index contributed by atoms with van der Waals surface area (Å²) in [6.07, 6.45) is 8.56. The maximum atomic E-state index is 4.75. The van der Waals surface area contributed by atoms with Crippen LogP contribution >= 0.6 is 0 Å². The van der Waals surface area contributed by atoms with E-state index in [1.54, 1.807) is 0 Å². The summed E-state index contributed by atoms with van der Waals surface area (Å²) < 4.78 is 0. The Kier molecular flexibility index (Phi) is 2.11. The highest BCUT2D eigenvalue weighted by molar-refractivity contribution is 5.79. The summed E-state index contributed by atoms with van der Waals surface area (Å²) in [7, 11) is 0. The fourth-order valence-corrected chi connectivity index (χ4v) is 3.93. The Bertz CT molecular complexity index is 547. The lowest BCUT2D eigenvalue weighted by Crippen LogP contribution is -2.28. The number of fused-ring (bicyclic) bond motifs is 5. The average molecular weight is 235 g/mol. The first-order chi connectivity index (χ1) is 8.92. The number of nitrogens with zero attached hydrogens (tertiary/aromatic N) is 1. The Morgan fingerprint density at radius 1 is 0.833 bits per heavy atom. The van der Waals surface area contributed by atoms with Gasteiger partial charge < -0.3 is 0 Å². The van der Waals surface area contributed by atoms with Crippen LogP contribution in [0.25, 0.3) is 11.1 Å². The van der Waals surface area contributed by atoms with E-state index >= 15 is 0 Å². The monoisotopic (exact) mass is 235 g/mol. The molecule has 1 fully saturated rings. The van der Waals surface area contributed by atoms with E-state index in [2.05, 4.69) is 36.4 Å². The number of hydrogen-bond donors (Lipinski definition) is 0. The number of hydrogen-bond acceptors (Lipinski definition) is 1. The van der Waals surface area contributed by atoms with E-state index in [9.17, 15) is 0 Å². The lowest BCUT2D eigenvalue weighted by molar-refractivity contribution is 0.346. The van der Waals surface area contributed by atoms with Crippen LogP contribution in [0.1, 0.15) is 43.4 Å². The topological polar surface area (TPSA) is 12.9 Å². The Hall–Kier alpha value is -1.63. The maximum Gasteiger partial charge on any atom is 0.0587 e. The van der Waals surface area contributed by atoms with Crippen molar-refractivity contribution in [2.45, 2.75) is 37.5 Å². The van der Waals surface area contributed by atoms with Crippen molar-refractivity contribution in [1.82, 2.24) is 4.98 Å². The first-order valence-electron chi connectivity index (χ1n) is 6.97. The van der Waals surface area contributed by atoms with E-state index < -0.39 is 0 Å². The van der Waals surface area contributed by atoms with E-state index in [4.69, 9.17) is 4.98 Å². The molecule has 1 heteroatoms. The van der Waals surface area contributed by atoms with Gasteiger partial charge in [0.15, 0.2) is 0 Å². The zero-order valence-corrected chi connectivity index (χ0v) is 10.5. The molecule has 0 atom stereocenters. The fourth-order valence-electron chi connectivity index (χ4n) is 3.93. The molecule has 2 aromatic rings. The third kappa shape index (κ3) is 1.19. The molecule has 1 spiro atoms. The van der Waals surface area contributed by atoms with Gasteiger partial charge in [-0.1, -0.05) is 49.6 Å². The molecular formula is C17H17N. The first-order valence-corrected chi connectivity index (χ1v) is 6.97. The van der Waals surface area contributed by atoms with Gasteiger partial charge in [-0.2, -0.15) is 0 Å². The molecule has 0 aliphatic heterocycles. The van der Waals surface area contributed by atoms with Crippen molar-refractivity contribution >= 4 is 0 Å². The lowest BCUT2D eigenvalue weighted by atomic mass is 9.69. The maximum absolute atomic E-state index is 4.75. The molecule has 1 saturated carbocycles. The Morgan fingerprint density at radius 2 is 1.61 bits per heavy atom. The van der Waals surface area contributed by atoms with Crippen LogP contribution < -0.4 is 0 Å². The van der Waals surface area contributed by atoms with E-state index in [1.807, 2.05) is 6.20 Å². The molecule has 18 heavy (non-hydrogen) atoms. The standard InChI is InChI=1S/C17H17N/c1-4-10-17(11-5-1)15-9-3-2-7-13(15)14-8-6-12-18-16(14)17/h2-3,6-9,12H,1,4-5,10-11H2. The van der Waals surface area contributed by atoms with Gasteiger partial charge in [-0.25, -0.2) is 0 Å². The summed E-state index contributed by atoms with van der Waals surface area (Å²) in [6.45, 7) is 0. The smallest absolute Gasteiger partial charge is 0.0587 e. The van der Waals surface area contributed by atoms with Crippen molar-refractivity contribution in [2.75, 3.05) is 0 Å². The third-order valence-corrected chi connectivity index (χ3v) is 4.70. The fraction of sp³-hybridized carbons (Fsp3) is 0.353. The van der Waals surface area contributed by atoms with Crippen molar-refractivity contribution < 1.29 is 0 Å². The van der Waals surface area contributed by atoms with Gasteiger partial charge in [-0.3, -0.25) is 4.98 Å². The average Bonchev–Trinajstić information content (AvgIpc) is 2.72. The van der Waals surface area contributed by atoms with Crippen LogP contribution in [0.3, 0.4) is 0 Å². The van der Waals surface area contributed by atoms with Crippen LogP contribution in [-0.4, -0.2) is 4.98 Å². The molecule has 90 valence electrons. The van der Waals surface area contributed by atoms with Crippen molar-refractivity contribution in [3.8, 4) is 11.1 Å². The zero-order chi connectivity index (χ0) is 12.0. The van der Waals surface area contributed by atoms with Gasteiger partial charge in [0.25, 0.3) is 0 Å². The van der Waals surface area contributed by atoms with E-state index in [1.165, 1.54) is 54.5 Å². The molecule has 0 radical (unpaired) electrons. The summed E-state index contributed by atoms with van der Waals surface area (Å²) >= 11 is 0. The van der Waals surface area contributed by atoms with Crippen LogP contribution in [0.4, 0.5) is 0 Å². The Labute approximate surface area is 108 Å². The summed E-state index contributed by atoms with van der Waals surface area (Å²) in [4.78, 5) is 4.75. The molecule has 1 nitrogen and oxygen atoms in total. The van der Waals surface area contributed by atoms with Gasteiger partial charge in [0, 0.05) is 17.2 Å². The molecule has 0 amide bonds. The molecular weight excluding hydrogens is 218 g/mol. The van der Waals surface area contributed by atoms with E-state index in [0.29, 0.717) is 0 Å². The highest BCUT2D eigenvalue weighted by Gasteiger charge is 2.44. The molecule has 1 aromatic carbocycles. The number of aromatic nitrogens is 1. The van der Waals surface area contributed by atoms with Crippen LogP contribution in [0, 0.1) is 0 Å². The van der Waals surface area contributed by atoms with Gasteiger partial charge in [0.1, 0.15) is 0 Å². The summed E-state index contributed by atoms with van der Waals surface area (Å²) in [6, 6.07) is 13.2. The second kappa shape index (κ2) is 3.68. The molecule has 0 saturated heterocycles. The third-order valence-electron chi connectivity index (χ3n) is 4.70. The molecule has 1 aromatic heterocycles. The zero-order valence-electron chi connectivity index (χ0n) is 10.5. The number of benzene rings is 1. The minimum Gasteiger partial charge on any atom is -0.260 e. The summed E-state index contributed by atoms with van der Waals surface area (Å²) in [5, 5.41) is 0. The minimum atomic E-state index is 0.228. The predicted octanol–water partition coefficient (Wildman–Crippen LogP) is 4.31. The van der Waals surface area contributed by atoms with Crippen molar-refractivity contribution in [2.24, 2.45) is 0 Å². The van der Waals surface area contributed by atoms with Gasteiger partial charge in [0.2, 0.25) is 0 Å². The molecule has 2 aliphatic rings. The molecule has 0 bridgehead atoms. The van der Waals surface area contributed by atoms with Gasteiger partial charge in [-0.15, -0.1) is 0 Å². The van der Waals surface area contributed by atoms with Crippen LogP contribution in [0.5, 0.6) is 0 Å². The molecule has 0 N–H and O–H groups in total. The highest BCUT2D eigenvalue weighted by atomic mass is 14.7. The first kappa shape index (κ1) is 10.3. The van der Waals surface area contributed by atoms with Crippen LogP contribution in [-0.2, 0) is 5.41 Å². The number of rotatable bonds is 0. The second-order valence-corrected chi connectivity index (χ2v) is 5.59. The largest absolute Gasteiger partial charge is 0.260 e. The van der Waals surface area contributed by atoms with Crippen LogP contribution in [0.2, 0.25) is 0 Å². The van der Waals surface area contributed by atoms with E-state index in [0.717, 1.165) is 0 Å². The van der Waals surface area contributed by atoms with Gasteiger partial charge in [0.05, 0.1) is 5.69 Å². The van der Waals surface area contributed by atoms with Crippen molar-refractivity contribution in [3.05, 3.63) is 53.9 Å². The van der Waals surface area contributed by atoms with Gasteiger partial charge >= 0.3 is 0 Å². The Morgan fingerprint density at radius 3 is 2.50 bits per heavy atom. The van der Waals surface area contributed by atoms with Gasteiger partial charge in [-0.05, 0) is 30.0 Å².